The molecule has 4 aromatic heterocycles. The van der Waals surface area contributed by atoms with Crippen LogP contribution >= 0.6 is 45.3 Å². The van der Waals surface area contributed by atoms with E-state index < -0.39 is 20.2 Å². The largest absolute Gasteiger partial charge is 0.395 e. The molecule has 0 aliphatic rings. The fraction of sp³-hybridized carbons (Fsp3) is 0.194. The molecule has 288 valence electrons. The van der Waals surface area contributed by atoms with Crippen LogP contribution in [0.3, 0.4) is 0 Å². The van der Waals surface area contributed by atoms with E-state index in [9.17, 15) is 21.6 Å². The predicted octanol–water partition coefficient (Wildman–Crippen LogP) is 7.26. The van der Waals surface area contributed by atoms with Crippen molar-refractivity contribution in [2.24, 2.45) is 0 Å². The van der Waals surface area contributed by atoms with Gasteiger partial charge in [0.2, 0.25) is 0 Å². The number of aldehydes is 1. The van der Waals surface area contributed by atoms with E-state index in [0.717, 1.165) is 50.4 Å². The summed E-state index contributed by atoms with van der Waals surface area (Å²) < 4.78 is 65.6. The van der Waals surface area contributed by atoms with Crippen LogP contribution in [0.5, 0.6) is 0 Å². The number of benzene rings is 2. The number of nitrogens with zero attached hydrogens (tertiary/aromatic N) is 4. The number of nitriles is 1. The summed E-state index contributed by atoms with van der Waals surface area (Å²) in [6, 6.07) is 21.1. The van der Waals surface area contributed by atoms with Gasteiger partial charge in [-0.3, -0.25) is 13.9 Å². The average Bonchev–Trinajstić information content (AvgIpc) is 3.91. The quantitative estimate of drug-likeness (QED) is 0.0546. The number of likely N-dealkylation sites (N-methyl/N-ethyl adjacent to an activating group) is 2. The highest BCUT2D eigenvalue weighted by molar-refractivity contribution is 7.86. The van der Waals surface area contributed by atoms with E-state index in [1.807, 2.05) is 42.1 Å². The van der Waals surface area contributed by atoms with Crippen LogP contribution in [0.25, 0.3) is 35.4 Å². The van der Waals surface area contributed by atoms with Gasteiger partial charge >= 0.3 is 0 Å². The summed E-state index contributed by atoms with van der Waals surface area (Å²) in [4.78, 5) is 19.5. The lowest BCUT2D eigenvalue weighted by Gasteiger charge is -2.14. The number of thiophene rings is 4. The Kier molecular flexibility index (Phi) is 15.2. The Morgan fingerprint density at radius 3 is 1.58 bits per heavy atom. The molecular formula is C36H34N4O9S6. The van der Waals surface area contributed by atoms with Crippen molar-refractivity contribution in [2.45, 2.75) is 16.2 Å². The van der Waals surface area contributed by atoms with Gasteiger partial charge in [-0.25, -0.2) is 4.85 Å². The number of hydrogen-bond acceptors (Lipinski definition) is 14. The molecule has 0 fully saturated rings. The van der Waals surface area contributed by atoms with Crippen LogP contribution in [-0.4, -0.2) is 82.8 Å². The third kappa shape index (κ3) is 12.0. The number of rotatable bonds is 12. The lowest BCUT2D eigenvalue weighted by atomic mass is 10.1. The first-order chi connectivity index (χ1) is 26.1. The summed E-state index contributed by atoms with van der Waals surface area (Å²) in [6.07, 6.45) is 2.88. The van der Waals surface area contributed by atoms with Gasteiger partial charge in [0.05, 0.1) is 56.9 Å². The second-order valence-corrected chi connectivity index (χ2v) is 18.6. The molecule has 19 heteroatoms. The molecule has 4 N–H and O–H groups in total. The highest BCUT2D eigenvalue weighted by Gasteiger charge is 2.13. The van der Waals surface area contributed by atoms with Gasteiger partial charge in [-0.1, -0.05) is 24.3 Å². The van der Waals surface area contributed by atoms with Gasteiger partial charge in [0.15, 0.2) is 12.0 Å². The monoisotopic (exact) mass is 858 g/mol. The summed E-state index contributed by atoms with van der Waals surface area (Å²) in [6.45, 7) is 8.88. The Labute approximate surface area is 334 Å². The lowest BCUT2D eigenvalue weighted by molar-refractivity contribution is 0.112. The normalized spacial score (nSPS) is 11.5. The van der Waals surface area contributed by atoms with E-state index in [-0.39, 0.29) is 29.4 Å². The first-order valence-electron chi connectivity index (χ1n) is 15.9. The predicted molar refractivity (Wildman–Crippen MR) is 222 cm³/mol. The van der Waals surface area contributed by atoms with Crippen molar-refractivity contribution in [1.29, 1.82) is 5.26 Å². The molecule has 0 saturated heterocycles. The summed E-state index contributed by atoms with van der Waals surface area (Å²) in [5.74, 6) is 0. The topological polar surface area (TPSA) is 201 Å². The molecule has 6 rings (SSSR count). The van der Waals surface area contributed by atoms with E-state index in [1.54, 1.807) is 40.1 Å². The minimum absolute atomic E-state index is 0.0980. The van der Waals surface area contributed by atoms with Crippen molar-refractivity contribution in [2.75, 3.05) is 50.2 Å². The number of fused-ring (bicyclic) bond motifs is 2. The van der Waals surface area contributed by atoms with Crippen LogP contribution in [0, 0.1) is 17.9 Å². The molecule has 0 radical (unpaired) electrons. The van der Waals surface area contributed by atoms with Gasteiger partial charge in [-0.15, -0.1) is 45.3 Å². The standard InChI is InChI=1S/C18H16N2O4S3.C10H11NO2S2.C8H7NO3S/c1-19-15(12-3-5-14(6-4-12)27(22,23)24)9-13-10-16-17(25-13)11-18(26-16)20(2)7-8-21;1-11(2-3-12)10-5-9-8(15-10)4-7(6-13)14-9;9-6-5-7-1-3-8(4-2-7)13(10,11)12/h3-6,9-11,21H,7-8H2,2H3,(H,22,23,24);4-6,12H,2-3H2,1H3;1-4H,5H2,(H,10,11,12)/b15-9-;;. The van der Waals surface area contributed by atoms with Crippen molar-refractivity contribution in [3.8, 4) is 6.07 Å². The maximum absolute atomic E-state index is 11.1. The van der Waals surface area contributed by atoms with Crippen molar-refractivity contribution in [1.82, 2.24) is 0 Å². The molecule has 13 nitrogen and oxygen atoms in total. The second-order valence-electron chi connectivity index (χ2n) is 11.4. The number of carbonyl (C=O) groups is 1. The van der Waals surface area contributed by atoms with E-state index in [0.29, 0.717) is 24.4 Å². The molecule has 55 heavy (non-hydrogen) atoms. The fourth-order valence-corrected chi connectivity index (χ4v) is 10.2. The molecule has 0 bridgehead atoms. The lowest BCUT2D eigenvalue weighted by Crippen LogP contribution is -2.19. The second kappa shape index (κ2) is 19.4. The molecule has 0 atom stereocenters. The van der Waals surface area contributed by atoms with Gasteiger partial charge in [0, 0.05) is 50.9 Å². The summed E-state index contributed by atoms with van der Waals surface area (Å²) in [7, 11) is -4.49. The molecule has 2 aromatic carbocycles. The first-order valence-corrected chi connectivity index (χ1v) is 22.0. The van der Waals surface area contributed by atoms with Crippen LogP contribution < -0.4 is 9.80 Å². The number of carbonyl (C=O) groups excluding carboxylic acids is 1. The average molecular weight is 859 g/mol. The van der Waals surface area contributed by atoms with Crippen LogP contribution in [0.2, 0.25) is 0 Å². The van der Waals surface area contributed by atoms with Gasteiger partial charge in [0.25, 0.3) is 20.2 Å². The van der Waals surface area contributed by atoms with Crippen LogP contribution in [-0.2, 0) is 26.7 Å². The molecule has 0 aliphatic heterocycles. The van der Waals surface area contributed by atoms with E-state index in [1.165, 1.54) is 59.9 Å². The Balaban J connectivity index is 0.000000202. The molecule has 0 unspecified atom stereocenters. The molecule has 6 aromatic rings. The Morgan fingerprint density at radius 2 is 1.18 bits per heavy atom. The van der Waals surface area contributed by atoms with Crippen LogP contribution in [0.15, 0.2) is 82.6 Å². The van der Waals surface area contributed by atoms with Gasteiger partial charge in [-0.2, -0.15) is 22.1 Å². The minimum Gasteiger partial charge on any atom is -0.395 e. The number of aliphatic hydroxyl groups is 2. The zero-order valence-corrected chi connectivity index (χ0v) is 34.1. The first kappa shape index (κ1) is 43.2. The number of anilines is 2. The van der Waals surface area contributed by atoms with E-state index in [4.69, 9.17) is 31.2 Å². The SMILES string of the molecule is CN(CCO)c1cc2sc(C=O)cc2s1.N#CCc1ccc(S(=O)(=O)O)cc1.[C-]#[N+]/C(=C\c1cc2sc(N(C)CCO)cc2s1)c1ccc(S(=O)(=O)O)cc1. The molecule has 0 spiro atoms. The highest BCUT2D eigenvalue weighted by atomic mass is 32.2. The molecule has 4 heterocycles. The van der Waals surface area contributed by atoms with Crippen molar-refractivity contribution >= 4 is 112 Å². The highest BCUT2D eigenvalue weighted by Crippen LogP contribution is 2.39. The van der Waals surface area contributed by atoms with Crippen molar-refractivity contribution < 1.29 is 40.9 Å². The van der Waals surface area contributed by atoms with Crippen LogP contribution in [0.1, 0.15) is 25.7 Å². The van der Waals surface area contributed by atoms with Gasteiger partial charge < -0.3 is 20.0 Å². The maximum Gasteiger partial charge on any atom is 0.294 e. The molecule has 0 saturated carbocycles. The number of hydrogen-bond donors (Lipinski definition) is 4. The van der Waals surface area contributed by atoms with Crippen LogP contribution in [0.4, 0.5) is 10.0 Å². The van der Waals surface area contributed by atoms with Gasteiger partial charge in [-0.05, 0) is 65.7 Å². The third-order valence-electron chi connectivity index (χ3n) is 7.52. The summed E-state index contributed by atoms with van der Waals surface area (Å²) in [5.41, 5.74) is 1.69. The van der Waals surface area contributed by atoms with E-state index >= 15 is 0 Å². The Hall–Kier alpha value is -4.51. The third-order valence-corrected chi connectivity index (χ3v) is 13.9. The smallest absolute Gasteiger partial charge is 0.294 e. The fourth-order valence-electron chi connectivity index (χ4n) is 4.69. The van der Waals surface area contributed by atoms with Crippen molar-refractivity contribution in [3.05, 3.63) is 105 Å². The molecular weight excluding hydrogens is 825 g/mol. The zero-order chi connectivity index (χ0) is 40.3. The Bertz CT molecular complexity index is 2510. The minimum atomic E-state index is -4.25. The van der Waals surface area contributed by atoms with Crippen molar-refractivity contribution in [3.63, 3.8) is 0 Å². The molecule has 0 amide bonds. The molecule has 0 aliphatic carbocycles. The zero-order valence-electron chi connectivity index (χ0n) is 29.2. The van der Waals surface area contributed by atoms with E-state index in [2.05, 4.69) is 17.0 Å². The summed E-state index contributed by atoms with van der Waals surface area (Å²) in [5, 5.41) is 28.4. The number of aliphatic hydroxyl groups excluding tert-OH is 2. The maximum atomic E-state index is 11.1. The Morgan fingerprint density at radius 1 is 0.745 bits per heavy atom. The summed E-state index contributed by atoms with van der Waals surface area (Å²) >= 11 is 6.35. The van der Waals surface area contributed by atoms with Gasteiger partial charge in [0.1, 0.15) is 0 Å².